The van der Waals surface area contributed by atoms with Gasteiger partial charge in [0.2, 0.25) is 5.91 Å². The van der Waals surface area contributed by atoms with Crippen molar-refractivity contribution in [3.8, 4) is 0 Å². The van der Waals surface area contributed by atoms with Crippen LogP contribution >= 0.6 is 23.4 Å². The first-order valence-electron chi connectivity index (χ1n) is 4.65. The lowest BCUT2D eigenvalue weighted by Gasteiger charge is -2.25. The van der Waals surface area contributed by atoms with E-state index in [0.29, 0.717) is 0 Å². The summed E-state index contributed by atoms with van der Waals surface area (Å²) in [6.07, 6.45) is 0. The quantitative estimate of drug-likeness (QED) is 0.653. The van der Waals surface area contributed by atoms with Gasteiger partial charge in [-0.25, -0.2) is 0 Å². The van der Waals surface area contributed by atoms with Crippen molar-refractivity contribution in [3.63, 3.8) is 0 Å². The van der Waals surface area contributed by atoms with Crippen LogP contribution in [-0.2, 0) is 4.79 Å². The van der Waals surface area contributed by atoms with Gasteiger partial charge < -0.3 is 5.73 Å². The van der Waals surface area contributed by atoms with Crippen molar-refractivity contribution in [1.82, 2.24) is 0 Å². The van der Waals surface area contributed by atoms with Crippen LogP contribution in [0, 0.1) is 0 Å². The largest absolute Gasteiger partial charge is 0.368 e. The van der Waals surface area contributed by atoms with Gasteiger partial charge in [-0.15, -0.1) is 23.4 Å². The van der Waals surface area contributed by atoms with Gasteiger partial charge in [0, 0.05) is 10.1 Å². The van der Waals surface area contributed by atoms with Gasteiger partial charge in [0.1, 0.15) is 4.87 Å². The van der Waals surface area contributed by atoms with Crippen LogP contribution in [0.3, 0.4) is 0 Å². The molecule has 1 aromatic carbocycles. The third-order valence-corrected chi connectivity index (χ3v) is 4.31. The SMILES string of the molecule is CC(Sc1ccccc1)C(C)(Cl)C(N)=O. The molecule has 4 heteroatoms. The number of alkyl halides is 1. The van der Waals surface area contributed by atoms with Crippen LogP contribution < -0.4 is 5.73 Å². The maximum atomic E-state index is 11.1. The van der Waals surface area contributed by atoms with Gasteiger partial charge in [-0.1, -0.05) is 25.1 Å². The fourth-order valence-electron chi connectivity index (χ4n) is 1.01. The molecule has 2 atom stereocenters. The van der Waals surface area contributed by atoms with Crippen molar-refractivity contribution in [2.45, 2.75) is 28.9 Å². The van der Waals surface area contributed by atoms with E-state index in [1.165, 1.54) is 0 Å². The fourth-order valence-corrected chi connectivity index (χ4v) is 2.21. The number of rotatable bonds is 4. The van der Waals surface area contributed by atoms with E-state index in [2.05, 4.69) is 0 Å². The van der Waals surface area contributed by atoms with Crippen molar-refractivity contribution >= 4 is 29.3 Å². The number of nitrogens with two attached hydrogens (primary N) is 1. The van der Waals surface area contributed by atoms with Gasteiger partial charge >= 0.3 is 0 Å². The summed E-state index contributed by atoms with van der Waals surface area (Å²) in [6.45, 7) is 3.55. The van der Waals surface area contributed by atoms with Crippen molar-refractivity contribution in [1.29, 1.82) is 0 Å². The van der Waals surface area contributed by atoms with Crippen LogP contribution in [0.2, 0.25) is 0 Å². The second-order valence-corrected chi connectivity index (χ2v) is 5.71. The number of thioether (sulfide) groups is 1. The summed E-state index contributed by atoms with van der Waals surface area (Å²) in [5.74, 6) is -0.486. The molecule has 0 aliphatic rings. The highest BCUT2D eigenvalue weighted by molar-refractivity contribution is 8.00. The highest BCUT2D eigenvalue weighted by atomic mass is 35.5. The predicted molar refractivity (Wildman–Crippen MR) is 65.2 cm³/mol. The molecule has 82 valence electrons. The first-order chi connectivity index (χ1) is 6.94. The Kier molecular flexibility index (Phi) is 4.05. The van der Waals surface area contributed by atoms with E-state index in [1.807, 2.05) is 37.3 Å². The Bertz CT molecular complexity index is 340. The van der Waals surface area contributed by atoms with E-state index >= 15 is 0 Å². The molecular formula is C11H14ClNOS. The summed E-state index contributed by atoms with van der Waals surface area (Å²) < 4.78 is 0. The molecule has 0 saturated heterocycles. The number of carbonyl (C=O) groups is 1. The number of primary amides is 1. The Morgan fingerprint density at radius 3 is 2.47 bits per heavy atom. The monoisotopic (exact) mass is 243 g/mol. The fraction of sp³-hybridized carbons (Fsp3) is 0.364. The van der Waals surface area contributed by atoms with Gasteiger partial charge in [-0.3, -0.25) is 4.79 Å². The molecule has 2 nitrogen and oxygen atoms in total. The highest BCUT2D eigenvalue weighted by Gasteiger charge is 2.35. The second-order valence-electron chi connectivity index (χ2n) is 3.51. The molecular weight excluding hydrogens is 230 g/mol. The lowest BCUT2D eigenvalue weighted by molar-refractivity contribution is -0.120. The van der Waals surface area contributed by atoms with E-state index in [0.717, 1.165) is 4.90 Å². The minimum Gasteiger partial charge on any atom is -0.368 e. The van der Waals surface area contributed by atoms with Crippen LogP contribution in [-0.4, -0.2) is 16.0 Å². The minimum atomic E-state index is -1.01. The van der Waals surface area contributed by atoms with Crippen molar-refractivity contribution < 1.29 is 4.79 Å². The molecule has 1 rings (SSSR count). The average molecular weight is 244 g/mol. The smallest absolute Gasteiger partial charge is 0.239 e. The molecule has 15 heavy (non-hydrogen) atoms. The molecule has 1 amide bonds. The first kappa shape index (κ1) is 12.4. The number of hydrogen-bond donors (Lipinski definition) is 1. The van der Waals surface area contributed by atoms with Crippen molar-refractivity contribution in [2.24, 2.45) is 5.73 Å². The summed E-state index contributed by atoms with van der Waals surface area (Å²) in [7, 11) is 0. The minimum absolute atomic E-state index is 0.0703. The van der Waals surface area contributed by atoms with Gasteiger partial charge in [-0.2, -0.15) is 0 Å². The third kappa shape index (κ3) is 3.14. The molecule has 0 aromatic heterocycles. The Balaban J connectivity index is 2.72. The maximum Gasteiger partial charge on any atom is 0.239 e. The molecule has 0 radical (unpaired) electrons. The van der Waals surface area contributed by atoms with Gasteiger partial charge in [0.25, 0.3) is 0 Å². The number of carbonyl (C=O) groups excluding carboxylic acids is 1. The van der Waals surface area contributed by atoms with Crippen LogP contribution in [0.4, 0.5) is 0 Å². The number of amides is 1. The zero-order valence-corrected chi connectivity index (χ0v) is 10.3. The predicted octanol–water partition coefficient (Wildman–Crippen LogP) is 2.65. The molecule has 0 bridgehead atoms. The van der Waals surface area contributed by atoms with Crippen LogP contribution in [0.15, 0.2) is 35.2 Å². The van der Waals surface area contributed by atoms with Gasteiger partial charge in [0.05, 0.1) is 0 Å². The molecule has 2 unspecified atom stereocenters. The van der Waals surface area contributed by atoms with E-state index in [1.54, 1.807) is 18.7 Å². The summed E-state index contributed by atoms with van der Waals surface area (Å²) in [4.78, 5) is 11.2. The van der Waals surface area contributed by atoms with Crippen LogP contribution in [0.25, 0.3) is 0 Å². The topological polar surface area (TPSA) is 43.1 Å². The lowest BCUT2D eigenvalue weighted by atomic mass is 10.1. The summed E-state index contributed by atoms with van der Waals surface area (Å²) >= 11 is 7.62. The van der Waals surface area contributed by atoms with E-state index in [9.17, 15) is 4.79 Å². The molecule has 1 aromatic rings. The maximum absolute atomic E-state index is 11.1. The zero-order valence-electron chi connectivity index (χ0n) is 8.74. The van der Waals surface area contributed by atoms with E-state index in [-0.39, 0.29) is 5.25 Å². The molecule has 2 N–H and O–H groups in total. The molecule has 0 saturated carbocycles. The molecule has 0 aliphatic carbocycles. The normalized spacial score (nSPS) is 16.7. The molecule has 0 spiro atoms. The van der Waals surface area contributed by atoms with Crippen LogP contribution in [0.5, 0.6) is 0 Å². The Morgan fingerprint density at radius 2 is 2.00 bits per heavy atom. The first-order valence-corrected chi connectivity index (χ1v) is 5.91. The van der Waals surface area contributed by atoms with Crippen LogP contribution in [0.1, 0.15) is 13.8 Å². The highest BCUT2D eigenvalue weighted by Crippen LogP contribution is 2.33. The standard InChI is InChI=1S/C11H14ClNOS/c1-8(11(2,12)10(13)14)15-9-6-4-3-5-7-9/h3-8H,1-2H3,(H2,13,14). The number of benzene rings is 1. The number of halogens is 1. The van der Waals surface area contributed by atoms with Gasteiger partial charge in [-0.05, 0) is 19.1 Å². The Morgan fingerprint density at radius 1 is 1.47 bits per heavy atom. The lowest BCUT2D eigenvalue weighted by Crippen LogP contribution is -2.43. The van der Waals surface area contributed by atoms with Crippen molar-refractivity contribution in [2.75, 3.05) is 0 Å². The van der Waals surface area contributed by atoms with Crippen molar-refractivity contribution in [3.05, 3.63) is 30.3 Å². The Labute approximate surface area is 99.2 Å². The molecule has 0 heterocycles. The molecule has 0 aliphatic heterocycles. The summed E-state index contributed by atoms with van der Waals surface area (Å²) in [5, 5.41) is -0.0703. The van der Waals surface area contributed by atoms with E-state index in [4.69, 9.17) is 17.3 Å². The zero-order chi connectivity index (χ0) is 11.5. The molecule has 0 fully saturated rings. The summed E-state index contributed by atoms with van der Waals surface area (Å²) in [5.41, 5.74) is 5.24. The second kappa shape index (κ2) is 4.90. The Hall–Kier alpha value is -0.670. The summed E-state index contributed by atoms with van der Waals surface area (Å²) in [6, 6.07) is 9.81. The van der Waals surface area contributed by atoms with E-state index < -0.39 is 10.8 Å². The average Bonchev–Trinajstić information content (AvgIpc) is 2.18. The van der Waals surface area contributed by atoms with Gasteiger partial charge in [0.15, 0.2) is 0 Å². The third-order valence-electron chi connectivity index (χ3n) is 2.30. The number of hydrogen-bond acceptors (Lipinski definition) is 2.